The first-order valence-corrected chi connectivity index (χ1v) is 10.3. The number of fused-ring (bicyclic) bond motifs is 1. The minimum Gasteiger partial charge on any atom is -0.377 e. The fourth-order valence-electron chi connectivity index (χ4n) is 3.34. The number of anilines is 1. The van der Waals surface area contributed by atoms with Crippen LogP contribution >= 0.6 is 11.6 Å². The molecule has 0 atom stereocenters. The molecule has 0 aliphatic heterocycles. The fourth-order valence-corrected chi connectivity index (χ4v) is 3.59. The van der Waals surface area contributed by atoms with E-state index in [-0.39, 0.29) is 6.10 Å². The van der Waals surface area contributed by atoms with Crippen LogP contribution in [0.3, 0.4) is 0 Å². The second-order valence-electron chi connectivity index (χ2n) is 7.04. The Kier molecular flexibility index (Phi) is 6.87. The summed E-state index contributed by atoms with van der Waals surface area (Å²) in [6, 6.07) is 7.64. The zero-order valence-electron chi connectivity index (χ0n) is 17.4. The molecule has 1 aromatic carbocycles. The SMILES string of the molecule is CCN(CC)c1ccc(-c2nc3c(Cl)c(C=O)ccc3n2CCOC(C)C)cn1. The number of aromatic nitrogens is 3. The lowest BCUT2D eigenvalue weighted by Crippen LogP contribution is -2.22. The molecule has 3 aromatic rings. The summed E-state index contributed by atoms with van der Waals surface area (Å²) in [6.07, 6.45) is 2.74. The van der Waals surface area contributed by atoms with Crippen LogP contribution in [0.15, 0.2) is 30.5 Å². The number of ether oxygens (including phenoxy) is 1. The van der Waals surface area contributed by atoms with Crippen molar-refractivity contribution >= 4 is 34.7 Å². The number of carbonyl (C=O) groups excluding carboxylic acids is 1. The number of halogens is 1. The minimum atomic E-state index is 0.147. The van der Waals surface area contributed by atoms with Crippen LogP contribution in [0.5, 0.6) is 0 Å². The van der Waals surface area contributed by atoms with Gasteiger partial charge in [-0.15, -0.1) is 0 Å². The maximum absolute atomic E-state index is 11.3. The molecule has 2 aromatic heterocycles. The number of rotatable bonds is 9. The lowest BCUT2D eigenvalue weighted by Gasteiger charge is -2.19. The molecule has 0 aliphatic carbocycles. The highest BCUT2D eigenvalue weighted by Crippen LogP contribution is 2.31. The average Bonchev–Trinajstić information content (AvgIpc) is 3.09. The fraction of sp³-hybridized carbons (Fsp3) is 0.409. The smallest absolute Gasteiger partial charge is 0.151 e. The molecule has 3 rings (SSSR count). The monoisotopic (exact) mass is 414 g/mol. The van der Waals surface area contributed by atoms with Crippen molar-refractivity contribution in [1.29, 1.82) is 0 Å². The Morgan fingerprint density at radius 2 is 1.97 bits per heavy atom. The number of hydrogen-bond donors (Lipinski definition) is 0. The number of nitrogens with zero attached hydrogens (tertiary/aromatic N) is 4. The van der Waals surface area contributed by atoms with Crippen molar-refractivity contribution in [3.05, 3.63) is 41.0 Å². The van der Waals surface area contributed by atoms with Crippen molar-refractivity contribution in [2.45, 2.75) is 40.3 Å². The Morgan fingerprint density at radius 1 is 1.21 bits per heavy atom. The van der Waals surface area contributed by atoms with Crippen LogP contribution in [0.4, 0.5) is 5.82 Å². The van der Waals surface area contributed by atoms with Gasteiger partial charge in [0.1, 0.15) is 17.2 Å². The molecular weight excluding hydrogens is 388 g/mol. The van der Waals surface area contributed by atoms with Crippen LogP contribution in [0, 0.1) is 0 Å². The quantitative estimate of drug-likeness (QED) is 0.469. The molecule has 0 radical (unpaired) electrons. The Hall–Kier alpha value is -2.44. The van der Waals surface area contributed by atoms with Crippen LogP contribution in [0.25, 0.3) is 22.4 Å². The van der Waals surface area contributed by atoms with E-state index in [0.29, 0.717) is 29.3 Å². The second kappa shape index (κ2) is 9.37. The highest BCUT2D eigenvalue weighted by atomic mass is 35.5. The molecular formula is C22H27ClN4O2. The van der Waals surface area contributed by atoms with Crippen molar-refractivity contribution in [3.63, 3.8) is 0 Å². The zero-order chi connectivity index (χ0) is 21.0. The third-order valence-corrected chi connectivity index (χ3v) is 5.27. The van der Waals surface area contributed by atoms with Crippen LogP contribution in [0.2, 0.25) is 5.02 Å². The molecule has 0 aliphatic rings. The van der Waals surface area contributed by atoms with Gasteiger partial charge in [-0.05, 0) is 52.0 Å². The van der Waals surface area contributed by atoms with Gasteiger partial charge in [-0.2, -0.15) is 0 Å². The first-order valence-electron chi connectivity index (χ1n) is 9.97. The van der Waals surface area contributed by atoms with Gasteiger partial charge in [0, 0.05) is 37.0 Å². The van der Waals surface area contributed by atoms with Crippen molar-refractivity contribution < 1.29 is 9.53 Å². The number of pyridine rings is 1. The van der Waals surface area contributed by atoms with Gasteiger partial charge in [-0.3, -0.25) is 4.79 Å². The summed E-state index contributed by atoms with van der Waals surface area (Å²) in [5.41, 5.74) is 2.81. The van der Waals surface area contributed by atoms with Crippen molar-refractivity contribution in [3.8, 4) is 11.4 Å². The van der Waals surface area contributed by atoms with Gasteiger partial charge in [0.15, 0.2) is 6.29 Å². The van der Waals surface area contributed by atoms with E-state index in [1.54, 1.807) is 6.07 Å². The van der Waals surface area contributed by atoms with Gasteiger partial charge in [-0.25, -0.2) is 9.97 Å². The Bertz CT molecular complexity index is 979. The minimum absolute atomic E-state index is 0.147. The molecule has 0 saturated heterocycles. The maximum atomic E-state index is 11.3. The van der Waals surface area contributed by atoms with Crippen LogP contribution < -0.4 is 4.90 Å². The Labute approximate surface area is 176 Å². The van der Waals surface area contributed by atoms with Gasteiger partial charge in [0.05, 0.1) is 23.3 Å². The summed E-state index contributed by atoms with van der Waals surface area (Å²) in [6.45, 7) is 11.2. The molecule has 29 heavy (non-hydrogen) atoms. The topological polar surface area (TPSA) is 60.2 Å². The lowest BCUT2D eigenvalue weighted by atomic mass is 10.2. The third kappa shape index (κ3) is 4.43. The van der Waals surface area contributed by atoms with E-state index in [9.17, 15) is 4.79 Å². The summed E-state index contributed by atoms with van der Waals surface area (Å²) in [5.74, 6) is 1.70. The summed E-state index contributed by atoms with van der Waals surface area (Å²) in [7, 11) is 0. The molecule has 0 unspecified atom stereocenters. The predicted molar refractivity (Wildman–Crippen MR) is 118 cm³/mol. The number of imidazole rings is 1. The first-order chi connectivity index (χ1) is 14.0. The van der Waals surface area contributed by atoms with E-state index in [0.717, 1.165) is 42.1 Å². The van der Waals surface area contributed by atoms with E-state index in [2.05, 4.69) is 28.3 Å². The van der Waals surface area contributed by atoms with Crippen LogP contribution in [0.1, 0.15) is 38.1 Å². The van der Waals surface area contributed by atoms with Crippen molar-refractivity contribution in [2.75, 3.05) is 24.6 Å². The molecule has 0 fully saturated rings. The summed E-state index contributed by atoms with van der Waals surface area (Å²) < 4.78 is 7.83. The van der Waals surface area contributed by atoms with Gasteiger partial charge >= 0.3 is 0 Å². The molecule has 6 nitrogen and oxygen atoms in total. The van der Waals surface area contributed by atoms with Gasteiger partial charge in [-0.1, -0.05) is 11.6 Å². The van der Waals surface area contributed by atoms with Crippen LogP contribution in [-0.2, 0) is 11.3 Å². The molecule has 0 saturated carbocycles. The van der Waals surface area contributed by atoms with Crippen molar-refractivity contribution in [1.82, 2.24) is 14.5 Å². The van der Waals surface area contributed by atoms with E-state index in [4.69, 9.17) is 21.3 Å². The maximum Gasteiger partial charge on any atom is 0.151 e. The number of carbonyl (C=O) groups is 1. The van der Waals surface area contributed by atoms with E-state index >= 15 is 0 Å². The standard InChI is InChI=1S/C22H27ClN4O2/c1-5-26(6-2)19-10-8-16(13-24-19)22-25-21-18(9-7-17(14-28)20(21)23)27(22)11-12-29-15(3)4/h7-10,13-15H,5-6,11-12H2,1-4H3. The number of hydrogen-bond acceptors (Lipinski definition) is 5. The Morgan fingerprint density at radius 3 is 2.55 bits per heavy atom. The highest BCUT2D eigenvalue weighted by Gasteiger charge is 2.17. The third-order valence-electron chi connectivity index (χ3n) is 4.88. The molecule has 0 N–H and O–H groups in total. The van der Waals surface area contributed by atoms with E-state index in [1.807, 2.05) is 38.2 Å². The molecule has 2 heterocycles. The first kappa shape index (κ1) is 21.3. The summed E-state index contributed by atoms with van der Waals surface area (Å²) in [5, 5.41) is 0.370. The lowest BCUT2D eigenvalue weighted by molar-refractivity contribution is 0.0735. The molecule has 7 heteroatoms. The van der Waals surface area contributed by atoms with Crippen LogP contribution in [-0.4, -0.2) is 46.6 Å². The number of benzene rings is 1. The normalized spacial score (nSPS) is 11.4. The molecule has 0 spiro atoms. The van der Waals surface area contributed by atoms with E-state index in [1.165, 1.54) is 0 Å². The van der Waals surface area contributed by atoms with Gasteiger partial charge in [0.25, 0.3) is 0 Å². The number of aldehydes is 1. The van der Waals surface area contributed by atoms with Crippen molar-refractivity contribution in [2.24, 2.45) is 0 Å². The zero-order valence-corrected chi connectivity index (χ0v) is 18.1. The second-order valence-corrected chi connectivity index (χ2v) is 7.42. The Balaban J connectivity index is 2.07. The van der Waals surface area contributed by atoms with Gasteiger partial charge < -0.3 is 14.2 Å². The summed E-state index contributed by atoms with van der Waals surface area (Å²) >= 11 is 6.44. The molecule has 0 bridgehead atoms. The van der Waals surface area contributed by atoms with E-state index < -0.39 is 0 Å². The highest BCUT2D eigenvalue weighted by molar-refractivity contribution is 6.37. The molecule has 0 amide bonds. The largest absolute Gasteiger partial charge is 0.377 e. The summed E-state index contributed by atoms with van der Waals surface area (Å²) in [4.78, 5) is 22.9. The molecule has 154 valence electrons. The van der Waals surface area contributed by atoms with Gasteiger partial charge in [0.2, 0.25) is 0 Å². The average molecular weight is 415 g/mol. The predicted octanol–water partition coefficient (Wildman–Crippen LogP) is 4.84.